The Morgan fingerprint density at radius 2 is 2.50 bits per heavy atom. The summed E-state index contributed by atoms with van der Waals surface area (Å²) in [5.41, 5.74) is 1.34. The fraction of sp³-hybridized carbons (Fsp3) is 0.429. The molecule has 0 aromatic carbocycles. The molecule has 3 nitrogen and oxygen atoms in total. The molecule has 0 atom stereocenters. The van der Waals surface area contributed by atoms with Crippen LogP contribution in [0.15, 0.2) is 10.8 Å². The lowest BCUT2D eigenvalue weighted by molar-refractivity contribution is 0.100. The highest BCUT2D eigenvalue weighted by Crippen LogP contribution is 2.07. The average molecular weight is 139 g/mol. The molecule has 0 spiro atoms. The van der Waals surface area contributed by atoms with E-state index in [1.54, 1.807) is 0 Å². The lowest BCUT2D eigenvalue weighted by Crippen LogP contribution is -1.95. The van der Waals surface area contributed by atoms with Crippen LogP contribution in [0.2, 0.25) is 0 Å². The van der Waals surface area contributed by atoms with E-state index in [0.717, 1.165) is 12.0 Å². The minimum absolute atomic E-state index is 0.0365. The Morgan fingerprint density at radius 1 is 1.80 bits per heavy atom. The monoisotopic (exact) mass is 139 g/mol. The number of aryl methyl sites for hydroxylation is 1. The molecule has 0 saturated heterocycles. The molecule has 0 radical (unpaired) electrons. The molecular weight excluding hydrogens is 130 g/mol. The van der Waals surface area contributed by atoms with E-state index in [-0.39, 0.29) is 5.78 Å². The summed E-state index contributed by atoms with van der Waals surface area (Å²) in [7, 11) is 0. The van der Waals surface area contributed by atoms with E-state index in [9.17, 15) is 4.79 Å². The van der Waals surface area contributed by atoms with Gasteiger partial charge in [-0.3, -0.25) is 4.79 Å². The van der Waals surface area contributed by atoms with Gasteiger partial charge in [0.1, 0.15) is 6.26 Å². The second-order valence-corrected chi connectivity index (χ2v) is 2.10. The minimum Gasteiger partial charge on any atom is -0.364 e. The highest BCUT2D eigenvalue weighted by molar-refractivity contribution is 5.93. The van der Waals surface area contributed by atoms with Crippen molar-refractivity contribution >= 4 is 5.78 Å². The van der Waals surface area contributed by atoms with Gasteiger partial charge in [0.15, 0.2) is 11.5 Å². The van der Waals surface area contributed by atoms with Crippen LogP contribution < -0.4 is 0 Å². The first-order valence-electron chi connectivity index (χ1n) is 3.20. The van der Waals surface area contributed by atoms with Crippen LogP contribution in [0.25, 0.3) is 0 Å². The first kappa shape index (κ1) is 6.99. The van der Waals surface area contributed by atoms with Crippen LogP contribution in [0.5, 0.6) is 0 Å². The minimum atomic E-state index is -0.0365. The smallest absolute Gasteiger partial charge is 0.181 e. The van der Waals surface area contributed by atoms with Crippen molar-refractivity contribution in [1.29, 1.82) is 0 Å². The third kappa shape index (κ3) is 1.07. The lowest BCUT2D eigenvalue weighted by Gasteiger charge is -1.88. The molecule has 1 aromatic heterocycles. The van der Waals surface area contributed by atoms with Crippen molar-refractivity contribution in [1.82, 2.24) is 5.16 Å². The Morgan fingerprint density at radius 3 is 2.90 bits per heavy atom. The maximum Gasteiger partial charge on any atom is 0.181 e. The number of hydrogen-bond donors (Lipinski definition) is 0. The number of Topliss-reactive ketones (excluding diaryl/α,β-unsaturated/α-hetero) is 1. The first-order chi connectivity index (χ1) is 4.75. The summed E-state index contributed by atoms with van der Waals surface area (Å²) in [6, 6.07) is 0. The molecule has 0 fully saturated rings. The third-order valence-corrected chi connectivity index (χ3v) is 1.36. The van der Waals surface area contributed by atoms with Crippen LogP contribution in [0.4, 0.5) is 0 Å². The largest absolute Gasteiger partial charge is 0.364 e. The van der Waals surface area contributed by atoms with Crippen LogP contribution in [-0.4, -0.2) is 10.9 Å². The zero-order valence-electron chi connectivity index (χ0n) is 6.05. The van der Waals surface area contributed by atoms with Crippen molar-refractivity contribution in [2.75, 3.05) is 0 Å². The average Bonchev–Trinajstić information content (AvgIpc) is 2.33. The highest BCUT2D eigenvalue weighted by atomic mass is 16.5. The van der Waals surface area contributed by atoms with Gasteiger partial charge in [0, 0.05) is 12.5 Å². The number of nitrogens with zero attached hydrogens (tertiary/aromatic N) is 1. The van der Waals surface area contributed by atoms with Crippen molar-refractivity contribution in [3.8, 4) is 0 Å². The van der Waals surface area contributed by atoms with Crippen LogP contribution in [0.3, 0.4) is 0 Å². The zero-order chi connectivity index (χ0) is 7.56. The Labute approximate surface area is 59.0 Å². The van der Waals surface area contributed by atoms with E-state index in [0.29, 0.717) is 5.69 Å². The Bertz CT molecular complexity index is 240. The van der Waals surface area contributed by atoms with Gasteiger partial charge in [-0.1, -0.05) is 12.1 Å². The van der Waals surface area contributed by atoms with E-state index < -0.39 is 0 Å². The topological polar surface area (TPSA) is 43.1 Å². The van der Waals surface area contributed by atoms with Crippen molar-refractivity contribution in [3.05, 3.63) is 17.5 Å². The first-order valence-corrected chi connectivity index (χ1v) is 3.20. The van der Waals surface area contributed by atoms with Crippen molar-refractivity contribution in [2.45, 2.75) is 20.3 Å². The summed E-state index contributed by atoms with van der Waals surface area (Å²) in [6.07, 6.45) is 2.30. The normalized spacial score (nSPS) is 9.80. The van der Waals surface area contributed by atoms with Gasteiger partial charge in [-0.15, -0.1) is 0 Å². The van der Waals surface area contributed by atoms with Crippen molar-refractivity contribution < 1.29 is 9.32 Å². The number of ketones is 1. The highest BCUT2D eigenvalue weighted by Gasteiger charge is 2.08. The summed E-state index contributed by atoms with van der Waals surface area (Å²) in [4.78, 5) is 10.8. The molecule has 0 aliphatic carbocycles. The van der Waals surface area contributed by atoms with Crippen LogP contribution in [0.1, 0.15) is 29.9 Å². The molecule has 0 aliphatic heterocycles. The molecule has 0 unspecified atom stereocenters. The molecule has 1 aromatic rings. The summed E-state index contributed by atoms with van der Waals surface area (Å²) in [5, 5.41) is 3.56. The summed E-state index contributed by atoms with van der Waals surface area (Å²) < 4.78 is 4.63. The molecule has 0 saturated carbocycles. The number of aromatic nitrogens is 1. The quantitative estimate of drug-likeness (QED) is 0.582. The second kappa shape index (κ2) is 2.64. The molecule has 54 valence electrons. The van der Waals surface area contributed by atoms with Gasteiger partial charge in [0.25, 0.3) is 0 Å². The number of carbonyl (C=O) groups excluding carboxylic acids is 1. The van der Waals surface area contributed by atoms with Gasteiger partial charge >= 0.3 is 0 Å². The molecule has 1 rings (SSSR count). The molecule has 0 N–H and O–H groups in total. The molecule has 10 heavy (non-hydrogen) atoms. The fourth-order valence-corrected chi connectivity index (χ4v) is 0.798. The fourth-order valence-electron chi connectivity index (χ4n) is 0.798. The van der Waals surface area contributed by atoms with E-state index in [4.69, 9.17) is 0 Å². The van der Waals surface area contributed by atoms with Gasteiger partial charge in [-0.05, 0) is 6.42 Å². The van der Waals surface area contributed by atoms with E-state index >= 15 is 0 Å². The zero-order valence-corrected chi connectivity index (χ0v) is 6.05. The van der Waals surface area contributed by atoms with E-state index in [1.165, 1.54) is 13.2 Å². The van der Waals surface area contributed by atoms with Gasteiger partial charge < -0.3 is 4.52 Å². The van der Waals surface area contributed by atoms with E-state index in [2.05, 4.69) is 9.68 Å². The maximum absolute atomic E-state index is 10.8. The number of rotatable bonds is 2. The summed E-state index contributed by atoms with van der Waals surface area (Å²) >= 11 is 0. The third-order valence-electron chi connectivity index (χ3n) is 1.36. The van der Waals surface area contributed by atoms with Crippen molar-refractivity contribution in [2.24, 2.45) is 0 Å². The SMILES string of the molecule is CCc1conc1C(C)=O. The molecular formula is C7H9NO2. The molecule has 0 aliphatic rings. The van der Waals surface area contributed by atoms with Gasteiger partial charge in [0.2, 0.25) is 0 Å². The second-order valence-electron chi connectivity index (χ2n) is 2.10. The predicted molar refractivity (Wildman–Crippen MR) is 35.9 cm³/mol. The summed E-state index contributed by atoms with van der Waals surface area (Å²) in [5.74, 6) is -0.0365. The Balaban J connectivity index is 3.01. The molecule has 3 heteroatoms. The molecule has 1 heterocycles. The standard InChI is InChI=1S/C7H9NO2/c1-3-6-4-10-8-7(6)5(2)9/h4H,3H2,1-2H3. The summed E-state index contributed by atoms with van der Waals surface area (Å²) in [6.45, 7) is 3.44. The van der Waals surface area contributed by atoms with Gasteiger partial charge in [0.05, 0.1) is 0 Å². The van der Waals surface area contributed by atoms with Crippen molar-refractivity contribution in [3.63, 3.8) is 0 Å². The molecule has 0 amide bonds. The van der Waals surface area contributed by atoms with Gasteiger partial charge in [-0.25, -0.2) is 0 Å². The lowest BCUT2D eigenvalue weighted by atomic mass is 10.1. The predicted octanol–water partition coefficient (Wildman–Crippen LogP) is 1.44. The Kier molecular flexibility index (Phi) is 1.85. The maximum atomic E-state index is 10.8. The Hall–Kier alpha value is -1.12. The molecule has 0 bridgehead atoms. The van der Waals surface area contributed by atoms with Crippen LogP contribution in [-0.2, 0) is 6.42 Å². The van der Waals surface area contributed by atoms with E-state index in [1.807, 2.05) is 6.92 Å². The van der Waals surface area contributed by atoms with Crippen LogP contribution >= 0.6 is 0 Å². The number of hydrogen-bond acceptors (Lipinski definition) is 3. The number of carbonyl (C=O) groups is 1. The van der Waals surface area contributed by atoms with Gasteiger partial charge in [-0.2, -0.15) is 0 Å². The van der Waals surface area contributed by atoms with Crippen LogP contribution in [0, 0.1) is 0 Å².